The molecule has 0 aliphatic carbocycles. The van der Waals surface area contributed by atoms with Crippen LogP contribution in [0.25, 0.3) is 44.3 Å². The number of aromatic nitrogens is 1. The van der Waals surface area contributed by atoms with Crippen LogP contribution in [0.1, 0.15) is 36.0 Å². The van der Waals surface area contributed by atoms with Crippen molar-refractivity contribution >= 4 is 33.2 Å². The Morgan fingerprint density at radius 3 is 1.78 bits per heavy atom. The number of allylic oxidation sites excluding steroid dienone is 1. The van der Waals surface area contributed by atoms with Crippen molar-refractivity contribution in [1.29, 1.82) is 0 Å². The molecule has 0 fully saturated rings. The fourth-order valence-corrected chi connectivity index (χ4v) is 7.07. The van der Waals surface area contributed by atoms with Crippen LogP contribution in [-0.4, -0.2) is 10.3 Å². The van der Waals surface area contributed by atoms with Gasteiger partial charge in [-0.05, 0) is 65.1 Å². The van der Waals surface area contributed by atoms with E-state index in [1.165, 1.54) is 49.8 Å². The van der Waals surface area contributed by atoms with Gasteiger partial charge in [0.05, 0.1) is 22.4 Å². The van der Waals surface area contributed by atoms with Crippen LogP contribution in [0, 0.1) is 5.92 Å². The third kappa shape index (κ3) is 4.89. The number of para-hydroxylation sites is 2. The first-order valence-corrected chi connectivity index (χ1v) is 15.9. The molecule has 0 saturated carbocycles. The number of hydrogen-bond acceptors (Lipinski definition) is 1. The third-order valence-electron chi connectivity index (χ3n) is 9.25. The van der Waals surface area contributed by atoms with Crippen LogP contribution >= 0.6 is 0 Å². The second-order valence-electron chi connectivity index (χ2n) is 11.9. The minimum absolute atomic E-state index is 0.257. The van der Waals surface area contributed by atoms with Gasteiger partial charge >= 0.3 is 0 Å². The lowest BCUT2D eigenvalue weighted by atomic mass is 9.76. The Balaban J connectivity index is 1.19. The van der Waals surface area contributed by atoms with Crippen molar-refractivity contribution in [2.45, 2.75) is 19.3 Å². The van der Waals surface area contributed by atoms with E-state index in [0.717, 1.165) is 23.4 Å². The molecule has 1 aliphatic rings. The standard InChI is InChI=1S/C43H34N2/c1-2-36-39(31-14-5-3-6-15-31)29-40(44-43(36)32-16-7-4-8-17-32)34-19-13-18-33(28-34)30-24-26-35(27-25-30)45-41-22-11-9-20-37(41)38-21-10-12-23-42(38)45/h3-29,36,39H,2H2,1H3. The van der Waals surface area contributed by atoms with Crippen molar-refractivity contribution in [3.05, 3.63) is 180 Å². The minimum atomic E-state index is 0.257. The predicted octanol–water partition coefficient (Wildman–Crippen LogP) is 11.1. The van der Waals surface area contributed by atoms with Crippen molar-refractivity contribution in [3.8, 4) is 16.8 Å². The highest BCUT2D eigenvalue weighted by molar-refractivity contribution is 6.09. The minimum Gasteiger partial charge on any atom is -0.309 e. The van der Waals surface area contributed by atoms with Crippen LogP contribution in [0.4, 0.5) is 0 Å². The van der Waals surface area contributed by atoms with E-state index in [1.807, 2.05) is 0 Å². The summed E-state index contributed by atoms with van der Waals surface area (Å²) in [4.78, 5) is 5.37. The second kappa shape index (κ2) is 11.6. The van der Waals surface area contributed by atoms with E-state index in [-0.39, 0.29) is 5.92 Å². The maximum Gasteiger partial charge on any atom is 0.0672 e. The van der Waals surface area contributed by atoms with Gasteiger partial charge in [0.1, 0.15) is 0 Å². The van der Waals surface area contributed by atoms with Crippen LogP contribution in [0.5, 0.6) is 0 Å². The summed E-state index contributed by atoms with van der Waals surface area (Å²) in [7, 11) is 0. The smallest absolute Gasteiger partial charge is 0.0672 e. The molecular weight excluding hydrogens is 544 g/mol. The van der Waals surface area contributed by atoms with Crippen molar-refractivity contribution in [2.75, 3.05) is 0 Å². The molecule has 7 aromatic rings. The van der Waals surface area contributed by atoms with E-state index in [0.29, 0.717) is 5.92 Å². The molecule has 2 unspecified atom stereocenters. The van der Waals surface area contributed by atoms with Crippen molar-refractivity contribution in [3.63, 3.8) is 0 Å². The molecular formula is C43H34N2. The number of fused-ring (bicyclic) bond motifs is 3. The van der Waals surface area contributed by atoms with Crippen molar-refractivity contribution < 1.29 is 0 Å². The topological polar surface area (TPSA) is 17.3 Å². The van der Waals surface area contributed by atoms with Gasteiger partial charge in [-0.25, -0.2) is 0 Å². The largest absolute Gasteiger partial charge is 0.309 e. The molecule has 2 heterocycles. The van der Waals surface area contributed by atoms with E-state index in [2.05, 4.69) is 175 Å². The highest BCUT2D eigenvalue weighted by Crippen LogP contribution is 2.40. The summed E-state index contributed by atoms with van der Waals surface area (Å²) in [6, 6.07) is 56.7. The first-order valence-electron chi connectivity index (χ1n) is 15.9. The first kappa shape index (κ1) is 27.1. The predicted molar refractivity (Wildman–Crippen MR) is 190 cm³/mol. The highest BCUT2D eigenvalue weighted by atomic mass is 15.0. The summed E-state index contributed by atoms with van der Waals surface area (Å²) in [5.74, 6) is 0.572. The fourth-order valence-electron chi connectivity index (χ4n) is 7.07. The van der Waals surface area contributed by atoms with Crippen LogP contribution in [0.3, 0.4) is 0 Å². The Morgan fingerprint density at radius 2 is 1.11 bits per heavy atom. The van der Waals surface area contributed by atoms with E-state index in [9.17, 15) is 0 Å². The lowest BCUT2D eigenvalue weighted by molar-refractivity contribution is 0.593. The van der Waals surface area contributed by atoms with E-state index in [4.69, 9.17) is 4.99 Å². The second-order valence-corrected chi connectivity index (χ2v) is 11.9. The highest BCUT2D eigenvalue weighted by Gasteiger charge is 2.30. The fraction of sp³-hybridized carbons (Fsp3) is 0.0930. The van der Waals surface area contributed by atoms with Gasteiger partial charge in [0.15, 0.2) is 0 Å². The molecule has 0 saturated heterocycles. The molecule has 6 aromatic carbocycles. The first-order chi connectivity index (χ1) is 22.3. The molecule has 0 N–H and O–H groups in total. The molecule has 0 radical (unpaired) electrons. The number of rotatable bonds is 6. The summed E-state index contributed by atoms with van der Waals surface area (Å²) in [5.41, 5.74) is 11.9. The van der Waals surface area contributed by atoms with Gasteiger partial charge in [-0.2, -0.15) is 0 Å². The third-order valence-corrected chi connectivity index (χ3v) is 9.25. The zero-order chi connectivity index (χ0) is 30.2. The van der Waals surface area contributed by atoms with Gasteiger partial charge in [-0.3, -0.25) is 4.99 Å². The Kier molecular flexibility index (Phi) is 6.96. The molecule has 2 heteroatoms. The van der Waals surface area contributed by atoms with Crippen LogP contribution < -0.4 is 0 Å². The van der Waals surface area contributed by atoms with E-state index >= 15 is 0 Å². The van der Waals surface area contributed by atoms with Crippen LogP contribution in [-0.2, 0) is 0 Å². The number of benzene rings is 6. The maximum absolute atomic E-state index is 5.37. The summed E-state index contributed by atoms with van der Waals surface area (Å²) >= 11 is 0. The Bertz CT molecular complexity index is 2130. The van der Waals surface area contributed by atoms with Crippen LogP contribution in [0.15, 0.2) is 169 Å². The molecule has 0 spiro atoms. The van der Waals surface area contributed by atoms with Gasteiger partial charge in [0.2, 0.25) is 0 Å². The normalized spacial score (nSPS) is 16.5. The Hall–Kier alpha value is -5.47. The molecule has 1 aliphatic heterocycles. The molecule has 0 amide bonds. The van der Waals surface area contributed by atoms with Crippen LogP contribution in [0.2, 0.25) is 0 Å². The zero-order valence-electron chi connectivity index (χ0n) is 25.3. The molecule has 45 heavy (non-hydrogen) atoms. The lowest BCUT2D eigenvalue weighted by Crippen LogP contribution is -2.25. The summed E-state index contributed by atoms with van der Waals surface area (Å²) in [5, 5.41) is 2.56. The lowest BCUT2D eigenvalue weighted by Gasteiger charge is -2.30. The Morgan fingerprint density at radius 1 is 0.533 bits per heavy atom. The SMILES string of the molecule is CCC1C(c2ccccc2)=NC(c2cccc(-c3ccc(-n4c5ccccc5c5ccccc54)cc3)c2)=CC1c1ccccc1. The summed E-state index contributed by atoms with van der Waals surface area (Å²) < 4.78 is 2.37. The van der Waals surface area contributed by atoms with Crippen molar-refractivity contribution in [2.24, 2.45) is 10.9 Å². The van der Waals surface area contributed by atoms with Crippen molar-refractivity contribution in [1.82, 2.24) is 4.57 Å². The Labute approximate surface area is 264 Å². The van der Waals surface area contributed by atoms with Gasteiger partial charge in [0.25, 0.3) is 0 Å². The van der Waals surface area contributed by atoms with Gasteiger partial charge in [-0.15, -0.1) is 0 Å². The number of nitrogens with zero attached hydrogens (tertiary/aromatic N) is 2. The summed E-state index contributed by atoms with van der Waals surface area (Å²) in [6.45, 7) is 2.28. The zero-order valence-corrected chi connectivity index (χ0v) is 25.3. The average Bonchev–Trinajstić information content (AvgIpc) is 3.46. The monoisotopic (exact) mass is 578 g/mol. The number of hydrogen-bond donors (Lipinski definition) is 0. The molecule has 216 valence electrons. The molecule has 1 aromatic heterocycles. The molecule has 2 nitrogen and oxygen atoms in total. The van der Waals surface area contributed by atoms with Gasteiger partial charge in [0, 0.05) is 33.9 Å². The summed E-state index contributed by atoms with van der Waals surface area (Å²) in [6.07, 6.45) is 3.41. The molecule has 0 bridgehead atoms. The number of aliphatic imine (C=N–C) groups is 1. The average molecular weight is 579 g/mol. The maximum atomic E-state index is 5.37. The van der Waals surface area contributed by atoms with Gasteiger partial charge in [-0.1, -0.05) is 134 Å². The molecule has 8 rings (SSSR count). The van der Waals surface area contributed by atoms with Gasteiger partial charge < -0.3 is 4.57 Å². The quantitative estimate of drug-likeness (QED) is 0.187. The molecule has 2 atom stereocenters. The van der Waals surface area contributed by atoms with E-state index < -0.39 is 0 Å². The van der Waals surface area contributed by atoms with E-state index in [1.54, 1.807) is 0 Å².